The SMILES string of the molecule is Cc1cc(C(=O)NC2CCCCC2)ccc1NCc1cc(=O)n2ccsc2n1. The smallest absolute Gasteiger partial charge is 0.258 e. The highest BCUT2D eigenvalue weighted by atomic mass is 32.1. The molecular formula is C21H24N4O2S. The van der Waals surface area contributed by atoms with Gasteiger partial charge in [-0.1, -0.05) is 19.3 Å². The summed E-state index contributed by atoms with van der Waals surface area (Å²) in [4.78, 5) is 29.8. The van der Waals surface area contributed by atoms with E-state index in [1.165, 1.54) is 30.6 Å². The second kappa shape index (κ2) is 8.14. The zero-order valence-corrected chi connectivity index (χ0v) is 16.7. The van der Waals surface area contributed by atoms with E-state index in [4.69, 9.17) is 0 Å². The highest BCUT2D eigenvalue weighted by Crippen LogP contribution is 2.20. The molecule has 2 N–H and O–H groups in total. The van der Waals surface area contributed by atoms with Gasteiger partial charge in [0.15, 0.2) is 4.96 Å². The summed E-state index contributed by atoms with van der Waals surface area (Å²) in [6.45, 7) is 2.43. The van der Waals surface area contributed by atoms with Crippen LogP contribution in [0.15, 0.2) is 40.6 Å². The molecule has 0 bridgehead atoms. The maximum absolute atomic E-state index is 12.5. The van der Waals surface area contributed by atoms with E-state index in [0.717, 1.165) is 24.1 Å². The van der Waals surface area contributed by atoms with E-state index in [0.29, 0.717) is 28.8 Å². The van der Waals surface area contributed by atoms with E-state index in [1.807, 2.05) is 30.5 Å². The van der Waals surface area contributed by atoms with Crippen LogP contribution in [-0.2, 0) is 6.54 Å². The normalized spacial score (nSPS) is 14.9. The fraction of sp³-hybridized carbons (Fsp3) is 0.381. The van der Waals surface area contributed by atoms with Gasteiger partial charge >= 0.3 is 0 Å². The fourth-order valence-corrected chi connectivity index (χ4v) is 4.42. The standard InChI is InChI=1S/C21H24N4O2S/c1-14-11-15(20(27)23-16-5-3-2-4-6-16)7-8-18(14)22-13-17-12-19(26)25-9-10-28-21(25)24-17/h7-12,16,22H,2-6,13H2,1H3,(H,23,27). The maximum Gasteiger partial charge on any atom is 0.258 e. The van der Waals surface area contributed by atoms with Crippen molar-refractivity contribution in [3.05, 3.63) is 63.0 Å². The Morgan fingerprint density at radius 2 is 2.07 bits per heavy atom. The number of benzene rings is 1. The first-order chi connectivity index (χ1) is 13.6. The highest BCUT2D eigenvalue weighted by molar-refractivity contribution is 7.15. The molecule has 6 nitrogen and oxygen atoms in total. The molecule has 3 aromatic rings. The molecule has 0 atom stereocenters. The Morgan fingerprint density at radius 1 is 1.25 bits per heavy atom. The van der Waals surface area contributed by atoms with E-state index < -0.39 is 0 Å². The molecule has 2 aromatic heterocycles. The van der Waals surface area contributed by atoms with Crippen LogP contribution in [0, 0.1) is 6.92 Å². The third kappa shape index (κ3) is 4.09. The third-order valence-electron chi connectivity index (χ3n) is 5.25. The average Bonchev–Trinajstić information content (AvgIpc) is 3.17. The van der Waals surface area contributed by atoms with Crippen molar-refractivity contribution in [1.29, 1.82) is 0 Å². The van der Waals surface area contributed by atoms with Crippen molar-refractivity contribution in [2.75, 3.05) is 5.32 Å². The van der Waals surface area contributed by atoms with Crippen LogP contribution in [0.3, 0.4) is 0 Å². The van der Waals surface area contributed by atoms with Gasteiger partial charge in [-0.2, -0.15) is 0 Å². The van der Waals surface area contributed by atoms with E-state index in [-0.39, 0.29) is 11.5 Å². The van der Waals surface area contributed by atoms with Crippen molar-refractivity contribution >= 4 is 27.9 Å². The highest BCUT2D eigenvalue weighted by Gasteiger charge is 2.17. The molecule has 7 heteroatoms. The molecule has 28 heavy (non-hydrogen) atoms. The van der Waals surface area contributed by atoms with Crippen LogP contribution in [0.1, 0.15) is 53.7 Å². The molecule has 0 spiro atoms. The molecule has 1 aliphatic rings. The minimum absolute atomic E-state index is 0.000569. The molecule has 1 fully saturated rings. The molecule has 0 radical (unpaired) electrons. The van der Waals surface area contributed by atoms with Crippen molar-refractivity contribution in [3.8, 4) is 0 Å². The molecule has 1 saturated carbocycles. The van der Waals surface area contributed by atoms with Gasteiger partial charge in [-0.15, -0.1) is 11.3 Å². The van der Waals surface area contributed by atoms with E-state index in [1.54, 1.807) is 16.7 Å². The van der Waals surface area contributed by atoms with Gasteiger partial charge in [0, 0.05) is 34.9 Å². The number of carbonyl (C=O) groups is 1. The van der Waals surface area contributed by atoms with Gasteiger partial charge in [0.05, 0.1) is 12.2 Å². The average molecular weight is 397 g/mol. The molecule has 2 heterocycles. The van der Waals surface area contributed by atoms with E-state index in [9.17, 15) is 9.59 Å². The molecule has 146 valence electrons. The van der Waals surface area contributed by atoms with Crippen molar-refractivity contribution in [3.63, 3.8) is 0 Å². The number of aromatic nitrogens is 2. The predicted octanol–water partition coefficient (Wildman–Crippen LogP) is 3.74. The molecule has 0 aliphatic heterocycles. The number of nitrogens with zero attached hydrogens (tertiary/aromatic N) is 2. The summed E-state index contributed by atoms with van der Waals surface area (Å²) in [5.74, 6) is -0.000569. The van der Waals surface area contributed by atoms with Crippen LogP contribution in [0.5, 0.6) is 0 Å². The zero-order valence-electron chi connectivity index (χ0n) is 15.9. The minimum Gasteiger partial charge on any atom is -0.379 e. The first-order valence-electron chi connectivity index (χ1n) is 9.71. The number of fused-ring (bicyclic) bond motifs is 1. The van der Waals surface area contributed by atoms with Gasteiger partial charge < -0.3 is 10.6 Å². The Labute approximate surface area is 167 Å². The third-order valence-corrected chi connectivity index (χ3v) is 6.00. The topological polar surface area (TPSA) is 75.5 Å². The number of carbonyl (C=O) groups excluding carboxylic acids is 1. The van der Waals surface area contributed by atoms with Gasteiger partial charge in [-0.05, 0) is 43.5 Å². The predicted molar refractivity (Wildman–Crippen MR) is 112 cm³/mol. The summed E-state index contributed by atoms with van der Waals surface area (Å²) >= 11 is 1.44. The lowest BCUT2D eigenvalue weighted by Crippen LogP contribution is -2.36. The molecule has 1 aliphatic carbocycles. The first kappa shape index (κ1) is 18.7. The van der Waals surface area contributed by atoms with E-state index >= 15 is 0 Å². The lowest BCUT2D eigenvalue weighted by atomic mass is 9.95. The quantitative estimate of drug-likeness (QED) is 0.689. The maximum atomic E-state index is 12.5. The van der Waals surface area contributed by atoms with Crippen molar-refractivity contribution in [2.24, 2.45) is 0 Å². The second-order valence-corrected chi connectivity index (χ2v) is 8.21. The summed E-state index contributed by atoms with van der Waals surface area (Å²) in [6, 6.07) is 7.52. The second-order valence-electron chi connectivity index (χ2n) is 7.33. The van der Waals surface area contributed by atoms with Crippen LogP contribution in [0.4, 0.5) is 5.69 Å². The Balaban J connectivity index is 1.42. The molecule has 4 rings (SSSR count). The zero-order chi connectivity index (χ0) is 19.5. The number of hydrogen-bond acceptors (Lipinski definition) is 5. The number of aryl methyl sites for hydroxylation is 1. The Bertz CT molecular complexity index is 1050. The number of amides is 1. The molecular weight excluding hydrogens is 372 g/mol. The number of rotatable bonds is 5. The van der Waals surface area contributed by atoms with Crippen molar-refractivity contribution < 1.29 is 4.79 Å². The Hall–Kier alpha value is -2.67. The number of nitrogens with one attached hydrogen (secondary N) is 2. The Kier molecular flexibility index (Phi) is 5.43. The summed E-state index contributed by atoms with van der Waals surface area (Å²) in [6.07, 6.45) is 7.54. The molecule has 1 aromatic carbocycles. The molecule has 1 amide bonds. The number of hydrogen-bond donors (Lipinski definition) is 2. The lowest BCUT2D eigenvalue weighted by molar-refractivity contribution is 0.0927. The van der Waals surface area contributed by atoms with Crippen LogP contribution in [0.25, 0.3) is 4.96 Å². The van der Waals surface area contributed by atoms with Gasteiger partial charge in [0.2, 0.25) is 0 Å². The minimum atomic E-state index is -0.0745. The van der Waals surface area contributed by atoms with Crippen LogP contribution in [0.2, 0.25) is 0 Å². The van der Waals surface area contributed by atoms with Crippen LogP contribution >= 0.6 is 11.3 Å². The lowest BCUT2D eigenvalue weighted by Gasteiger charge is -2.23. The van der Waals surface area contributed by atoms with E-state index in [2.05, 4.69) is 15.6 Å². The fourth-order valence-electron chi connectivity index (χ4n) is 3.68. The Morgan fingerprint density at radius 3 is 2.86 bits per heavy atom. The number of thiazole rings is 1. The summed E-state index contributed by atoms with van der Waals surface area (Å²) < 4.78 is 1.54. The van der Waals surface area contributed by atoms with Crippen LogP contribution in [-0.4, -0.2) is 21.3 Å². The van der Waals surface area contributed by atoms with Gasteiger partial charge in [0.25, 0.3) is 11.5 Å². The summed E-state index contributed by atoms with van der Waals surface area (Å²) in [7, 11) is 0. The summed E-state index contributed by atoms with van der Waals surface area (Å²) in [5.41, 5.74) is 3.23. The largest absolute Gasteiger partial charge is 0.379 e. The van der Waals surface area contributed by atoms with Crippen molar-refractivity contribution in [2.45, 2.75) is 51.6 Å². The van der Waals surface area contributed by atoms with Crippen LogP contribution < -0.4 is 16.2 Å². The van der Waals surface area contributed by atoms with Gasteiger partial charge in [0.1, 0.15) is 0 Å². The molecule has 0 saturated heterocycles. The first-order valence-corrected chi connectivity index (χ1v) is 10.6. The van der Waals surface area contributed by atoms with Gasteiger partial charge in [-0.3, -0.25) is 14.0 Å². The number of anilines is 1. The molecule has 0 unspecified atom stereocenters. The monoisotopic (exact) mass is 396 g/mol. The van der Waals surface area contributed by atoms with Crippen molar-refractivity contribution in [1.82, 2.24) is 14.7 Å². The van der Waals surface area contributed by atoms with Gasteiger partial charge in [-0.25, -0.2) is 4.98 Å². The summed E-state index contributed by atoms with van der Waals surface area (Å²) in [5, 5.41) is 8.33.